The Morgan fingerprint density at radius 3 is 2.30 bits per heavy atom. The molecule has 2 amide bonds. The number of fused-ring (bicyclic) bond motifs is 1. The zero-order chi connectivity index (χ0) is 21.8. The largest absolute Gasteiger partial charge is 0.451 e. The molecule has 0 N–H and O–H groups in total. The maximum Gasteiger partial charge on any atom is 0.338 e. The van der Waals surface area contributed by atoms with Gasteiger partial charge in [0.1, 0.15) is 5.82 Å². The van der Waals surface area contributed by atoms with Crippen LogP contribution in [-0.4, -0.2) is 54.8 Å². The minimum absolute atomic E-state index is 0.0485. The second-order valence-electron chi connectivity index (χ2n) is 6.79. The van der Waals surface area contributed by atoms with Crippen molar-refractivity contribution in [3.63, 3.8) is 0 Å². The SMILES string of the molecule is COCCCN1C(=O)c2ccc(C(=O)O[C@@H](C)C(=O)c3ccc(F)cc3)cc2C1=O. The van der Waals surface area contributed by atoms with Gasteiger partial charge >= 0.3 is 5.97 Å². The van der Waals surface area contributed by atoms with Crippen molar-refractivity contribution in [2.24, 2.45) is 0 Å². The number of carbonyl (C=O) groups excluding carboxylic acids is 4. The fourth-order valence-corrected chi connectivity index (χ4v) is 3.12. The summed E-state index contributed by atoms with van der Waals surface area (Å²) in [5.74, 6) is -2.69. The van der Waals surface area contributed by atoms with E-state index < -0.39 is 35.5 Å². The molecule has 156 valence electrons. The smallest absolute Gasteiger partial charge is 0.338 e. The highest BCUT2D eigenvalue weighted by molar-refractivity contribution is 6.22. The third kappa shape index (κ3) is 4.28. The molecular formula is C22H20FNO6. The van der Waals surface area contributed by atoms with Gasteiger partial charge in [0, 0.05) is 25.8 Å². The molecule has 0 spiro atoms. The first-order chi connectivity index (χ1) is 14.3. The van der Waals surface area contributed by atoms with Crippen LogP contribution in [0.1, 0.15) is 54.8 Å². The molecule has 7 nitrogen and oxygen atoms in total. The molecule has 0 bridgehead atoms. The Hall–Kier alpha value is -3.39. The summed E-state index contributed by atoms with van der Waals surface area (Å²) in [6.07, 6.45) is -0.612. The summed E-state index contributed by atoms with van der Waals surface area (Å²) in [6.45, 7) is 2.03. The van der Waals surface area contributed by atoms with E-state index in [0.717, 1.165) is 17.0 Å². The van der Waals surface area contributed by atoms with Crippen molar-refractivity contribution in [2.75, 3.05) is 20.3 Å². The number of hydrogen-bond donors (Lipinski definition) is 0. The summed E-state index contributed by atoms with van der Waals surface area (Å²) >= 11 is 0. The number of Topliss-reactive ketones (excluding diaryl/α,β-unsaturated/α-hetero) is 1. The van der Waals surface area contributed by atoms with E-state index in [2.05, 4.69) is 0 Å². The molecule has 0 saturated heterocycles. The Kier molecular flexibility index (Phi) is 6.37. The topological polar surface area (TPSA) is 90.0 Å². The lowest BCUT2D eigenvalue weighted by Gasteiger charge is -2.13. The van der Waals surface area contributed by atoms with Gasteiger partial charge in [0.2, 0.25) is 5.78 Å². The fourth-order valence-electron chi connectivity index (χ4n) is 3.12. The average Bonchev–Trinajstić information content (AvgIpc) is 2.98. The maximum atomic E-state index is 13.0. The Bertz CT molecular complexity index is 1000. The van der Waals surface area contributed by atoms with Gasteiger partial charge in [-0.15, -0.1) is 0 Å². The first-order valence-electron chi connectivity index (χ1n) is 9.33. The molecule has 0 radical (unpaired) electrons. The van der Waals surface area contributed by atoms with Gasteiger partial charge < -0.3 is 9.47 Å². The van der Waals surface area contributed by atoms with E-state index in [-0.39, 0.29) is 28.8 Å². The second kappa shape index (κ2) is 8.96. The predicted molar refractivity (Wildman–Crippen MR) is 104 cm³/mol. The van der Waals surface area contributed by atoms with Crippen LogP contribution in [-0.2, 0) is 9.47 Å². The van der Waals surface area contributed by atoms with Crippen LogP contribution in [0.4, 0.5) is 4.39 Å². The van der Waals surface area contributed by atoms with Crippen LogP contribution in [0.5, 0.6) is 0 Å². The quantitative estimate of drug-likeness (QED) is 0.286. The van der Waals surface area contributed by atoms with Crippen LogP contribution in [0, 0.1) is 5.82 Å². The summed E-state index contributed by atoms with van der Waals surface area (Å²) in [5.41, 5.74) is 0.583. The molecule has 0 aromatic heterocycles. The molecule has 0 fully saturated rings. The van der Waals surface area contributed by atoms with Gasteiger partial charge in [-0.1, -0.05) is 0 Å². The number of ether oxygens (including phenoxy) is 2. The highest BCUT2D eigenvalue weighted by atomic mass is 19.1. The molecule has 0 unspecified atom stereocenters. The first kappa shape index (κ1) is 21.3. The molecule has 8 heteroatoms. The number of hydrogen-bond acceptors (Lipinski definition) is 6. The van der Waals surface area contributed by atoms with Crippen molar-refractivity contribution in [1.82, 2.24) is 4.90 Å². The van der Waals surface area contributed by atoms with Gasteiger partial charge in [0.15, 0.2) is 6.10 Å². The number of methoxy groups -OCH3 is 1. The molecule has 1 heterocycles. The normalized spacial score (nSPS) is 13.9. The van der Waals surface area contributed by atoms with Crippen molar-refractivity contribution >= 4 is 23.6 Å². The molecule has 1 atom stereocenters. The van der Waals surface area contributed by atoms with Gasteiger partial charge in [0.05, 0.1) is 16.7 Å². The number of imide groups is 1. The summed E-state index contributed by atoms with van der Waals surface area (Å²) in [4.78, 5) is 50.9. The number of nitrogens with zero attached hydrogens (tertiary/aromatic N) is 1. The van der Waals surface area contributed by atoms with Gasteiger partial charge in [-0.25, -0.2) is 9.18 Å². The van der Waals surface area contributed by atoms with Crippen molar-refractivity contribution in [3.8, 4) is 0 Å². The number of ketones is 1. The lowest BCUT2D eigenvalue weighted by Crippen LogP contribution is -2.31. The van der Waals surface area contributed by atoms with Crippen molar-refractivity contribution in [2.45, 2.75) is 19.4 Å². The van der Waals surface area contributed by atoms with Gasteiger partial charge in [-0.2, -0.15) is 0 Å². The standard InChI is InChI=1S/C22H20FNO6/c1-13(19(25)14-4-7-16(23)8-5-14)30-22(28)15-6-9-17-18(12-15)21(27)24(20(17)26)10-3-11-29-2/h4-9,12-13H,3,10-11H2,1-2H3/t13-/m0/s1. The molecule has 0 saturated carbocycles. The zero-order valence-corrected chi connectivity index (χ0v) is 16.5. The molecule has 1 aliphatic heterocycles. The van der Waals surface area contributed by atoms with Crippen LogP contribution in [0.3, 0.4) is 0 Å². The third-order valence-corrected chi connectivity index (χ3v) is 4.72. The van der Waals surface area contributed by atoms with E-state index in [4.69, 9.17) is 9.47 Å². The predicted octanol–water partition coefficient (Wildman–Crippen LogP) is 2.89. The lowest BCUT2D eigenvalue weighted by atomic mass is 10.1. The van der Waals surface area contributed by atoms with Gasteiger partial charge in [0.25, 0.3) is 11.8 Å². The third-order valence-electron chi connectivity index (χ3n) is 4.72. The van der Waals surface area contributed by atoms with Crippen LogP contribution in [0.15, 0.2) is 42.5 Å². The van der Waals surface area contributed by atoms with E-state index in [0.29, 0.717) is 13.0 Å². The molecular weight excluding hydrogens is 393 g/mol. The summed E-state index contributed by atoms with van der Waals surface area (Å²) in [5, 5.41) is 0. The van der Waals surface area contributed by atoms with E-state index in [9.17, 15) is 23.6 Å². The minimum Gasteiger partial charge on any atom is -0.451 e. The second-order valence-corrected chi connectivity index (χ2v) is 6.79. The van der Waals surface area contributed by atoms with E-state index in [1.54, 1.807) is 0 Å². The average molecular weight is 413 g/mol. The van der Waals surface area contributed by atoms with Gasteiger partial charge in [-0.3, -0.25) is 19.3 Å². The highest BCUT2D eigenvalue weighted by Gasteiger charge is 2.36. The molecule has 2 aromatic rings. The first-order valence-corrected chi connectivity index (χ1v) is 9.33. The van der Waals surface area contributed by atoms with Gasteiger partial charge in [-0.05, 0) is 55.8 Å². The monoisotopic (exact) mass is 413 g/mol. The number of esters is 1. The summed E-state index contributed by atoms with van der Waals surface area (Å²) in [6, 6.07) is 8.96. The van der Waals surface area contributed by atoms with Crippen LogP contribution < -0.4 is 0 Å². The number of carbonyl (C=O) groups is 4. The molecule has 30 heavy (non-hydrogen) atoms. The Morgan fingerprint density at radius 1 is 1.00 bits per heavy atom. The summed E-state index contributed by atoms with van der Waals surface area (Å²) < 4.78 is 23.1. The molecule has 1 aliphatic rings. The van der Waals surface area contributed by atoms with Crippen molar-refractivity contribution in [3.05, 3.63) is 70.5 Å². The van der Waals surface area contributed by atoms with E-state index in [1.165, 1.54) is 44.4 Å². The Morgan fingerprint density at radius 2 is 1.63 bits per heavy atom. The number of amides is 2. The van der Waals surface area contributed by atoms with E-state index in [1.807, 2.05) is 0 Å². The van der Waals surface area contributed by atoms with Crippen LogP contribution >= 0.6 is 0 Å². The maximum absolute atomic E-state index is 13.0. The van der Waals surface area contributed by atoms with Crippen molar-refractivity contribution < 1.29 is 33.0 Å². The Labute approximate surface area is 172 Å². The van der Waals surface area contributed by atoms with Crippen molar-refractivity contribution in [1.29, 1.82) is 0 Å². The minimum atomic E-state index is -1.11. The highest BCUT2D eigenvalue weighted by Crippen LogP contribution is 2.25. The zero-order valence-electron chi connectivity index (χ0n) is 16.5. The molecule has 3 rings (SSSR count). The van der Waals surface area contributed by atoms with Crippen LogP contribution in [0.25, 0.3) is 0 Å². The summed E-state index contributed by atoms with van der Waals surface area (Å²) in [7, 11) is 1.53. The van der Waals surface area contributed by atoms with E-state index >= 15 is 0 Å². The number of rotatable bonds is 8. The lowest BCUT2D eigenvalue weighted by molar-refractivity contribution is 0.0318. The fraction of sp³-hybridized carbons (Fsp3) is 0.273. The number of halogens is 1. The van der Waals surface area contributed by atoms with Crippen LogP contribution in [0.2, 0.25) is 0 Å². The number of benzene rings is 2. The molecule has 0 aliphatic carbocycles. The molecule has 2 aromatic carbocycles. The Balaban J connectivity index is 1.71.